The molecule has 0 unspecified atom stereocenters. The molecule has 4 aromatic carbocycles. The van der Waals surface area contributed by atoms with Crippen LogP contribution in [0.15, 0.2) is 97.1 Å². The lowest BCUT2D eigenvalue weighted by Crippen LogP contribution is -2.05. The van der Waals surface area contributed by atoms with Gasteiger partial charge in [-0.05, 0) is 46.5 Å². The highest BCUT2D eigenvalue weighted by atomic mass is 32.2. The first-order valence-corrected chi connectivity index (χ1v) is 17.0. The van der Waals surface area contributed by atoms with Gasteiger partial charge in [0.05, 0.1) is 11.5 Å². The van der Waals surface area contributed by atoms with Crippen LogP contribution in [-0.4, -0.2) is 40.9 Å². The molecule has 0 aliphatic heterocycles. The maximum atomic E-state index is 12.7. The predicted octanol–water partition coefficient (Wildman–Crippen LogP) is 5.37. The molecule has 41 heavy (non-hydrogen) atoms. The Morgan fingerprint density at radius 1 is 0.488 bits per heavy atom. The lowest BCUT2D eigenvalue weighted by Gasteiger charge is -2.09. The fraction of sp³-hybridized carbons (Fsp3) is 0.188. The van der Waals surface area contributed by atoms with Crippen molar-refractivity contribution in [2.45, 2.75) is 24.3 Å². The first-order chi connectivity index (χ1) is 19.3. The van der Waals surface area contributed by atoms with E-state index in [1.807, 2.05) is 48.5 Å². The second kappa shape index (κ2) is 12.6. The molecule has 4 rings (SSSR count). The molecule has 0 saturated carbocycles. The number of carbonyl (C=O) groups excluding carboxylic acids is 2. The predicted molar refractivity (Wildman–Crippen MR) is 162 cm³/mol. The van der Waals surface area contributed by atoms with E-state index in [0.29, 0.717) is 22.3 Å². The first kappa shape index (κ1) is 29.9. The van der Waals surface area contributed by atoms with Crippen LogP contribution in [-0.2, 0) is 44.0 Å². The van der Waals surface area contributed by atoms with Gasteiger partial charge in [-0.15, -0.1) is 0 Å². The number of anilines is 2. The van der Waals surface area contributed by atoms with Crippen molar-refractivity contribution in [3.8, 4) is 0 Å². The molecule has 9 heteroatoms. The van der Waals surface area contributed by atoms with Gasteiger partial charge in [0.1, 0.15) is 0 Å². The topological polar surface area (TPSA) is 114 Å². The minimum Gasteiger partial charge on any atom is -0.356 e. The molecule has 7 nitrogen and oxygen atoms in total. The highest BCUT2D eigenvalue weighted by Crippen LogP contribution is 2.20. The van der Waals surface area contributed by atoms with Crippen molar-refractivity contribution in [1.29, 1.82) is 0 Å². The molecule has 0 aromatic heterocycles. The van der Waals surface area contributed by atoms with Gasteiger partial charge in [0.15, 0.2) is 31.2 Å². The van der Waals surface area contributed by atoms with Crippen LogP contribution in [0.25, 0.3) is 0 Å². The molecular weight excluding hydrogens is 558 g/mol. The molecule has 0 aliphatic rings. The zero-order valence-electron chi connectivity index (χ0n) is 22.8. The molecule has 0 amide bonds. The van der Waals surface area contributed by atoms with Gasteiger partial charge in [0, 0.05) is 47.9 Å². The Bertz CT molecular complexity index is 1610. The second-order valence-electron chi connectivity index (χ2n) is 10.3. The van der Waals surface area contributed by atoms with Gasteiger partial charge >= 0.3 is 0 Å². The summed E-state index contributed by atoms with van der Waals surface area (Å²) in [5, 5.41) is 3.31. The average molecular weight is 590 g/mol. The lowest BCUT2D eigenvalue weighted by molar-refractivity contribution is 0.0984. The zero-order chi connectivity index (χ0) is 29.6. The van der Waals surface area contributed by atoms with Gasteiger partial charge in [-0.2, -0.15) is 0 Å². The third kappa shape index (κ3) is 9.51. The van der Waals surface area contributed by atoms with Crippen LogP contribution < -0.4 is 5.32 Å². The van der Waals surface area contributed by atoms with E-state index in [4.69, 9.17) is 0 Å². The van der Waals surface area contributed by atoms with Gasteiger partial charge in [-0.3, -0.25) is 9.59 Å². The molecule has 0 fully saturated rings. The van der Waals surface area contributed by atoms with Gasteiger partial charge in [-0.1, -0.05) is 72.8 Å². The number of hydrogen-bond acceptors (Lipinski definition) is 7. The molecule has 212 valence electrons. The number of ketones is 2. The monoisotopic (exact) mass is 589 g/mol. The maximum Gasteiger partial charge on any atom is 0.167 e. The summed E-state index contributed by atoms with van der Waals surface area (Å²) >= 11 is 0. The van der Waals surface area contributed by atoms with E-state index in [9.17, 15) is 26.4 Å². The van der Waals surface area contributed by atoms with Crippen molar-refractivity contribution in [2.24, 2.45) is 0 Å². The van der Waals surface area contributed by atoms with E-state index >= 15 is 0 Å². The first-order valence-electron chi connectivity index (χ1n) is 12.9. The van der Waals surface area contributed by atoms with Crippen LogP contribution in [0.5, 0.6) is 0 Å². The Balaban J connectivity index is 1.29. The second-order valence-corrected chi connectivity index (χ2v) is 14.5. The summed E-state index contributed by atoms with van der Waals surface area (Å²) in [6.45, 7) is 0. The van der Waals surface area contributed by atoms with Gasteiger partial charge in [0.25, 0.3) is 0 Å². The Morgan fingerprint density at radius 2 is 0.780 bits per heavy atom. The molecule has 0 atom stereocenters. The largest absolute Gasteiger partial charge is 0.356 e. The highest BCUT2D eigenvalue weighted by Gasteiger charge is 2.11. The number of nitrogens with one attached hydrogen (secondary N) is 1. The highest BCUT2D eigenvalue weighted by molar-refractivity contribution is 7.90. The Hall–Kier alpha value is -4.08. The number of hydrogen-bond donors (Lipinski definition) is 1. The van der Waals surface area contributed by atoms with E-state index in [0.717, 1.165) is 22.5 Å². The molecule has 0 saturated heterocycles. The normalized spacial score (nSPS) is 11.7. The number of rotatable bonds is 12. The van der Waals surface area contributed by atoms with Gasteiger partial charge in [-0.25, -0.2) is 16.8 Å². The summed E-state index contributed by atoms with van der Waals surface area (Å²) in [4.78, 5) is 25.3. The SMILES string of the molecule is CS(=O)(=O)Cc1ccc(C(=O)Cc2ccc(Nc3ccc(CC(=O)c4ccc(CS(C)(=O)=O)cc4)cc3)cc2)cc1. The molecule has 0 aliphatic carbocycles. The maximum absolute atomic E-state index is 12.7. The number of Topliss-reactive ketones (excluding diaryl/α,β-unsaturated/α-hetero) is 2. The van der Waals surface area contributed by atoms with Crippen molar-refractivity contribution in [1.82, 2.24) is 0 Å². The number of carbonyl (C=O) groups is 2. The van der Waals surface area contributed by atoms with Crippen molar-refractivity contribution >= 4 is 42.6 Å². The standard InChI is InChI=1S/C32H31NO6S2/c1-40(36,37)21-25-3-11-27(12-4-25)31(34)19-23-7-15-29(16-8-23)33-30-17-9-24(10-18-30)20-32(35)28-13-5-26(6-14-28)22-41(2,38)39/h3-18,33H,19-22H2,1-2H3. The summed E-state index contributed by atoms with van der Waals surface area (Å²) in [5.74, 6) is -0.207. The van der Waals surface area contributed by atoms with Crippen molar-refractivity contribution in [2.75, 3.05) is 17.8 Å². The minimum absolute atomic E-state index is 0.0494. The minimum atomic E-state index is -3.13. The quantitative estimate of drug-likeness (QED) is 0.221. The van der Waals surface area contributed by atoms with Crippen LogP contribution in [0.3, 0.4) is 0 Å². The fourth-order valence-electron chi connectivity index (χ4n) is 4.33. The van der Waals surface area contributed by atoms with Crippen LogP contribution in [0.2, 0.25) is 0 Å². The summed E-state index contributed by atoms with van der Waals surface area (Å²) in [6.07, 6.45) is 2.82. The molecule has 4 aromatic rings. The summed E-state index contributed by atoms with van der Waals surface area (Å²) in [5.41, 5.74) is 5.79. The summed E-state index contributed by atoms with van der Waals surface area (Å²) in [6, 6.07) is 28.4. The number of benzene rings is 4. The lowest BCUT2D eigenvalue weighted by atomic mass is 10.0. The summed E-state index contributed by atoms with van der Waals surface area (Å²) in [7, 11) is -6.26. The van der Waals surface area contributed by atoms with Crippen molar-refractivity contribution in [3.63, 3.8) is 0 Å². The zero-order valence-corrected chi connectivity index (χ0v) is 24.5. The van der Waals surface area contributed by atoms with Crippen LogP contribution in [0.4, 0.5) is 11.4 Å². The van der Waals surface area contributed by atoms with E-state index in [1.54, 1.807) is 48.5 Å². The van der Waals surface area contributed by atoms with Crippen LogP contribution in [0, 0.1) is 0 Å². The summed E-state index contributed by atoms with van der Waals surface area (Å²) < 4.78 is 45.8. The van der Waals surface area contributed by atoms with E-state index in [-0.39, 0.29) is 35.9 Å². The Morgan fingerprint density at radius 3 is 1.07 bits per heavy atom. The smallest absolute Gasteiger partial charge is 0.167 e. The fourth-order valence-corrected chi connectivity index (χ4v) is 5.93. The number of sulfone groups is 2. The van der Waals surface area contributed by atoms with Crippen LogP contribution >= 0.6 is 0 Å². The Labute approximate surface area is 241 Å². The molecule has 0 bridgehead atoms. The third-order valence-electron chi connectivity index (χ3n) is 6.34. The van der Waals surface area contributed by atoms with Gasteiger partial charge < -0.3 is 5.32 Å². The molecule has 0 heterocycles. The van der Waals surface area contributed by atoms with E-state index in [1.165, 1.54) is 12.5 Å². The van der Waals surface area contributed by atoms with Crippen LogP contribution in [0.1, 0.15) is 43.0 Å². The van der Waals surface area contributed by atoms with Crippen molar-refractivity contribution in [3.05, 3.63) is 130 Å². The average Bonchev–Trinajstić information content (AvgIpc) is 2.90. The molecule has 0 radical (unpaired) electrons. The molecule has 1 N–H and O–H groups in total. The molecular formula is C32H31NO6S2. The van der Waals surface area contributed by atoms with E-state index in [2.05, 4.69) is 5.32 Å². The van der Waals surface area contributed by atoms with Crippen molar-refractivity contribution < 1.29 is 26.4 Å². The Kier molecular flexibility index (Phi) is 9.20. The third-order valence-corrected chi connectivity index (χ3v) is 8.05. The van der Waals surface area contributed by atoms with E-state index < -0.39 is 19.7 Å². The molecule has 0 spiro atoms. The van der Waals surface area contributed by atoms with Gasteiger partial charge in [0.2, 0.25) is 0 Å².